The van der Waals surface area contributed by atoms with Gasteiger partial charge in [-0.05, 0) is 29.8 Å². The van der Waals surface area contributed by atoms with E-state index in [1.165, 1.54) is 0 Å². The molecule has 0 aromatic heterocycles. The standard InChI is InChI=1S/C11H12ClN3/c12-9-3-1-8(2-4-9)11(14)7-10(13)5-6-15-11/h1-7,15H,13-14H2. The van der Waals surface area contributed by atoms with Crippen molar-refractivity contribution < 1.29 is 0 Å². The molecular weight excluding hydrogens is 210 g/mol. The zero-order chi connectivity index (χ0) is 10.9. The van der Waals surface area contributed by atoms with Crippen LogP contribution in [-0.4, -0.2) is 0 Å². The highest BCUT2D eigenvalue weighted by Gasteiger charge is 2.24. The van der Waals surface area contributed by atoms with Crippen molar-refractivity contribution in [3.63, 3.8) is 0 Å². The third-order valence-corrected chi connectivity index (χ3v) is 2.57. The minimum absolute atomic E-state index is 0.645. The summed E-state index contributed by atoms with van der Waals surface area (Å²) in [5.74, 6) is 0. The van der Waals surface area contributed by atoms with E-state index in [0.29, 0.717) is 10.7 Å². The summed E-state index contributed by atoms with van der Waals surface area (Å²) in [6, 6.07) is 7.35. The summed E-state index contributed by atoms with van der Waals surface area (Å²) < 4.78 is 0. The van der Waals surface area contributed by atoms with Gasteiger partial charge in [-0.3, -0.25) is 0 Å². The molecule has 3 nitrogen and oxygen atoms in total. The minimum atomic E-state index is -0.747. The number of halogens is 1. The second-order valence-corrected chi connectivity index (χ2v) is 3.93. The minimum Gasteiger partial charge on any atom is -0.399 e. The van der Waals surface area contributed by atoms with Gasteiger partial charge in [0.25, 0.3) is 0 Å². The van der Waals surface area contributed by atoms with Crippen molar-refractivity contribution >= 4 is 11.6 Å². The van der Waals surface area contributed by atoms with Crippen molar-refractivity contribution in [3.8, 4) is 0 Å². The molecular formula is C11H12ClN3. The molecule has 78 valence electrons. The molecule has 1 aliphatic rings. The van der Waals surface area contributed by atoms with Gasteiger partial charge in [-0.2, -0.15) is 0 Å². The van der Waals surface area contributed by atoms with Crippen molar-refractivity contribution in [2.75, 3.05) is 0 Å². The van der Waals surface area contributed by atoms with Gasteiger partial charge in [0, 0.05) is 16.9 Å². The van der Waals surface area contributed by atoms with Gasteiger partial charge in [-0.1, -0.05) is 23.7 Å². The second kappa shape index (κ2) is 3.61. The number of rotatable bonds is 1. The number of hydrogen-bond acceptors (Lipinski definition) is 3. The van der Waals surface area contributed by atoms with Crippen LogP contribution in [-0.2, 0) is 5.66 Å². The van der Waals surface area contributed by atoms with E-state index in [1.54, 1.807) is 30.5 Å². The maximum Gasteiger partial charge on any atom is 0.133 e. The third kappa shape index (κ3) is 1.98. The van der Waals surface area contributed by atoms with E-state index in [4.69, 9.17) is 23.1 Å². The van der Waals surface area contributed by atoms with Crippen LogP contribution in [0.15, 0.2) is 48.3 Å². The van der Waals surface area contributed by atoms with E-state index in [2.05, 4.69) is 5.32 Å². The molecule has 1 aromatic rings. The maximum atomic E-state index is 6.16. The van der Waals surface area contributed by atoms with E-state index in [0.717, 1.165) is 5.56 Å². The lowest BCUT2D eigenvalue weighted by Gasteiger charge is -2.30. The van der Waals surface area contributed by atoms with Gasteiger partial charge in [0.1, 0.15) is 5.66 Å². The molecule has 0 fully saturated rings. The van der Waals surface area contributed by atoms with E-state index in [-0.39, 0.29) is 0 Å². The average molecular weight is 222 g/mol. The summed E-state index contributed by atoms with van der Waals surface area (Å²) in [5.41, 5.74) is 12.7. The summed E-state index contributed by atoms with van der Waals surface area (Å²) in [4.78, 5) is 0. The number of allylic oxidation sites excluding steroid dienone is 1. The van der Waals surface area contributed by atoms with E-state index >= 15 is 0 Å². The molecule has 0 saturated carbocycles. The Morgan fingerprint density at radius 2 is 1.87 bits per heavy atom. The largest absolute Gasteiger partial charge is 0.399 e. The first-order valence-corrected chi connectivity index (χ1v) is 4.95. The lowest BCUT2D eigenvalue weighted by molar-refractivity contribution is 0.490. The Bertz CT molecular complexity index is 422. The number of hydrogen-bond donors (Lipinski definition) is 3. The van der Waals surface area contributed by atoms with Crippen LogP contribution in [0.5, 0.6) is 0 Å². The first kappa shape index (κ1) is 10.1. The predicted molar refractivity (Wildman–Crippen MR) is 61.9 cm³/mol. The Kier molecular flexibility index (Phi) is 2.42. The molecule has 2 rings (SSSR count). The highest BCUT2D eigenvalue weighted by atomic mass is 35.5. The molecule has 1 aliphatic heterocycles. The number of nitrogens with one attached hydrogen (secondary N) is 1. The molecule has 1 aromatic carbocycles. The van der Waals surface area contributed by atoms with Gasteiger partial charge in [-0.25, -0.2) is 0 Å². The molecule has 0 saturated heterocycles. The quantitative estimate of drug-likeness (QED) is 0.672. The lowest BCUT2D eigenvalue weighted by atomic mass is 9.97. The fourth-order valence-corrected chi connectivity index (χ4v) is 1.65. The Hall–Kier alpha value is -1.45. The molecule has 0 radical (unpaired) electrons. The molecule has 1 atom stereocenters. The number of nitrogens with two attached hydrogens (primary N) is 2. The van der Waals surface area contributed by atoms with Crippen molar-refractivity contribution in [3.05, 3.63) is 58.9 Å². The van der Waals surface area contributed by atoms with Crippen LogP contribution in [0.4, 0.5) is 0 Å². The van der Waals surface area contributed by atoms with Crippen LogP contribution in [0.25, 0.3) is 0 Å². The van der Waals surface area contributed by atoms with Crippen LogP contribution in [0.2, 0.25) is 5.02 Å². The van der Waals surface area contributed by atoms with Crippen molar-refractivity contribution in [2.45, 2.75) is 5.66 Å². The molecule has 0 aliphatic carbocycles. The predicted octanol–water partition coefficient (Wildman–Crippen LogP) is 1.41. The monoisotopic (exact) mass is 221 g/mol. The van der Waals surface area contributed by atoms with Crippen molar-refractivity contribution in [1.29, 1.82) is 0 Å². The van der Waals surface area contributed by atoms with Crippen LogP contribution >= 0.6 is 11.6 Å². The van der Waals surface area contributed by atoms with E-state index in [9.17, 15) is 0 Å². The van der Waals surface area contributed by atoms with Crippen LogP contribution in [0.1, 0.15) is 5.56 Å². The maximum absolute atomic E-state index is 6.16. The Labute approximate surface area is 93.4 Å². The Morgan fingerprint density at radius 3 is 2.47 bits per heavy atom. The summed E-state index contributed by atoms with van der Waals surface area (Å²) in [7, 11) is 0. The Morgan fingerprint density at radius 1 is 1.20 bits per heavy atom. The molecule has 0 spiro atoms. The fraction of sp³-hybridized carbons (Fsp3) is 0.0909. The molecule has 1 unspecified atom stereocenters. The molecule has 0 bridgehead atoms. The van der Waals surface area contributed by atoms with Crippen molar-refractivity contribution in [2.24, 2.45) is 11.5 Å². The van der Waals surface area contributed by atoms with Crippen LogP contribution < -0.4 is 16.8 Å². The van der Waals surface area contributed by atoms with Gasteiger partial charge in [0.15, 0.2) is 0 Å². The van der Waals surface area contributed by atoms with Crippen LogP contribution in [0, 0.1) is 0 Å². The zero-order valence-corrected chi connectivity index (χ0v) is 8.83. The van der Waals surface area contributed by atoms with Gasteiger partial charge < -0.3 is 16.8 Å². The summed E-state index contributed by atoms with van der Waals surface area (Å²) in [5, 5.41) is 3.75. The molecule has 0 amide bonds. The normalized spacial score (nSPS) is 24.5. The van der Waals surface area contributed by atoms with Gasteiger partial charge >= 0.3 is 0 Å². The smallest absolute Gasteiger partial charge is 0.133 e. The van der Waals surface area contributed by atoms with Gasteiger partial charge in [0.2, 0.25) is 0 Å². The highest BCUT2D eigenvalue weighted by Crippen LogP contribution is 2.22. The molecule has 5 N–H and O–H groups in total. The average Bonchev–Trinajstić information content (AvgIpc) is 2.18. The number of benzene rings is 1. The summed E-state index contributed by atoms with van der Waals surface area (Å²) >= 11 is 5.81. The SMILES string of the molecule is NC1=CC(N)(c2ccc(Cl)cc2)NC=C1. The molecule has 15 heavy (non-hydrogen) atoms. The van der Waals surface area contributed by atoms with Crippen LogP contribution in [0.3, 0.4) is 0 Å². The van der Waals surface area contributed by atoms with Gasteiger partial charge in [0.05, 0.1) is 0 Å². The summed E-state index contributed by atoms with van der Waals surface area (Å²) in [6.45, 7) is 0. The van der Waals surface area contributed by atoms with Crippen molar-refractivity contribution in [1.82, 2.24) is 5.32 Å². The first-order chi connectivity index (χ1) is 7.10. The fourth-order valence-electron chi connectivity index (χ4n) is 1.52. The first-order valence-electron chi connectivity index (χ1n) is 4.58. The highest BCUT2D eigenvalue weighted by molar-refractivity contribution is 6.30. The zero-order valence-electron chi connectivity index (χ0n) is 8.07. The lowest BCUT2D eigenvalue weighted by Crippen LogP contribution is -2.48. The van der Waals surface area contributed by atoms with Gasteiger partial charge in [-0.15, -0.1) is 0 Å². The topological polar surface area (TPSA) is 64.1 Å². The molecule has 4 heteroatoms. The van der Waals surface area contributed by atoms with E-state index in [1.807, 2.05) is 12.1 Å². The van der Waals surface area contributed by atoms with E-state index < -0.39 is 5.66 Å². The second-order valence-electron chi connectivity index (χ2n) is 3.50. The number of dihydropyridines is 1. The third-order valence-electron chi connectivity index (χ3n) is 2.31. The summed E-state index contributed by atoms with van der Waals surface area (Å²) in [6.07, 6.45) is 5.28. The Balaban J connectivity index is 2.38. The molecule has 1 heterocycles.